The molecule has 0 spiro atoms. The fourth-order valence-electron chi connectivity index (χ4n) is 10.8. The van der Waals surface area contributed by atoms with Gasteiger partial charge in [0.2, 0.25) is 5.91 Å². The van der Waals surface area contributed by atoms with E-state index in [4.69, 9.17) is 0 Å². The average molecular weight is 574 g/mol. The van der Waals surface area contributed by atoms with E-state index in [0.717, 1.165) is 37.7 Å². The SMILES string of the molecule is C=C(C)C1CCC2(C(=O)NC)CCC3(C)C(CCC4CCC=C(c5ccc(C(=O)O)cc5)C(C)(C)C(C)CCC43C)C12. The minimum atomic E-state index is -0.875. The van der Waals surface area contributed by atoms with Gasteiger partial charge >= 0.3 is 5.97 Å². The fourth-order valence-corrected chi connectivity index (χ4v) is 10.8. The Hall–Kier alpha value is -2.36. The van der Waals surface area contributed by atoms with Crippen molar-refractivity contribution in [3.8, 4) is 0 Å². The van der Waals surface area contributed by atoms with Crippen molar-refractivity contribution in [2.45, 2.75) is 106 Å². The van der Waals surface area contributed by atoms with Crippen molar-refractivity contribution < 1.29 is 14.7 Å². The topological polar surface area (TPSA) is 66.4 Å². The molecule has 0 radical (unpaired) electrons. The number of rotatable bonds is 4. The third-order valence-electron chi connectivity index (χ3n) is 14.0. The third kappa shape index (κ3) is 4.61. The summed E-state index contributed by atoms with van der Waals surface area (Å²) >= 11 is 0. The van der Waals surface area contributed by atoms with E-state index < -0.39 is 5.97 Å². The summed E-state index contributed by atoms with van der Waals surface area (Å²) < 4.78 is 0. The van der Waals surface area contributed by atoms with Crippen molar-refractivity contribution in [1.29, 1.82) is 0 Å². The summed E-state index contributed by atoms with van der Waals surface area (Å²) in [7, 11) is 1.83. The predicted octanol–water partition coefficient (Wildman–Crippen LogP) is 9.17. The van der Waals surface area contributed by atoms with Crippen LogP contribution < -0.4 is 5.32 Å². The van der Waals surface area contributed by atoms with E-state index in [1.807, 2.05) is 19.2 Å². The van der Waals surface area contributed by atoms with Crippen molar-refractivity contribution in [3.63, 3.8) is 0 Å². The van der Waals surface area contributed by atoms with E-state index in [9.17, 15) is 14.7 Å². The summed E-state index contributed by atoms with van der Waals surface area (Å²) in [6.07, 6.45) is 13.8. The van der Waals surface area contributed by atoms with E-state index in [0.29, 0.717) is 35.2 Å². The maximum Gasteiger partial charge on any atom is 0.335 e. The molecule has 230 valence electrons. The van der Waals surface area contributed by atoms with Crippen molar-refractivity contribution >= 4 is 17.4 Å². The van der Waals surface area contributed by atoms with Gasteiger partial charge in [-0.3, -0.25) is 4.79 Å². The summed E-state index contributed by atoms with van der Waals surface area (Å²) in [4.78, 5) is 25.1. The van der Waals surface area contributed by atoms with Crippen LogP contribution in [0, 0.1) is 51.2 Å². The Morgan fingerprint density at radius 2 is 1.60 bits per heavy atom. The van der Waals surface area contributed by atoms with Gasteiger partial charge in [0, 0.05) is 7.05 Å². The molecule has 8 atom stereocenters. The summed E-state index contributed by atoms with van der Waals surface area (Å²) in [5, 5.41) is 12.5. The molecule has 3 fully saturated rings. The number of nitrogens with one attached hydrogen (secondary N) is 1. The number of hydrogen-bond donors (Lipinski definition) is 2. The highest BCUT2D eigenvalue weighted by Crippen LogP contribution is 2.72. The Morgan fingerprint density at radius 3 is 2.21 bits per heavy atom. The first-order chi connectivity index (χ1) is 19.7. The molecule has 2 N–H and O–H groups in total. The standard InChI is InChI=1S/C38H55NO3/c1-24(2)29-19-21-38(34(42)39-8)23-22-37(7)31(32(29)38)17-16-28-10-9-11-30(26-12-14-27(15-13-26)33(40)41)35(4,5)25(3)18-20-36(28,37)6/h11-15,25,28-29,31-32H,1,9-10,16-23H2,2-8H3,(H,39,42)(H,40,41). The maximum atomic E-state index is 13.6. The minimum Gasteiger partial charge on any atom is -0.478 e. The third-order valence-corrected chi connectivity index (χ3v) is 14.0. The number of carbonyl (C=O) groups excluding carboxylic acids is 1. The van der Waals surface area contributed by atoms with Gasteiger partial charge in [0.25, 0.3) is 0 Å². The first kappa shape index (κ1) is 31.1. The summed E-state index contributed by atoms with van der Waals surface area (Å²) in [5.74, 6) is 1.94. The molecule has 0 aromatic heterocycles. The molecule has 3 saturated carbocycles. The number of allylic oxidation sites excluding steroid dienone is 3. The van der Waals surface area contributed by atoms with Crippen LogP contribution in [0.5, 0.6) is 0 Å². The van der Waals surface area contributed by atoms with Gasteiger partial charge in [-0.2, -0.15) is 0 Å². The van der Waals surface area contributed by atoms with Crippen LogP contribution in [0.15, 0.2) is 42.5 Å². The fraction of sp³-hybridized carbons (Fsp3) is 0.684. The van der Waals surface area contributed by atoms with Gasteiger partial charge in [-0.25, -0.2) is 4.79 Å². The molecular weight excluding hydrogens is 518 g/mol. The lowest BCUT2D eigenvalue weighted by Crippen LogP contribution is -2.61. The second-order valence-corrected chi connectivity index (χ2v) is 15.7. The van der Waals surface area contributed by atoms with Gasteiger partial charge in [0.05, 0.1) is 11.0 Å². The van der Waals surface area contributed by atoms with E-state index in [1.54, 1.807) is 12.1 Å². The van der Waals surface area contributed by atoms with Crippen molar-refractivity contribution in [2.75, 3.05) is 7.05 Å². The number of benzene rings is 1. The van der Waals surface area contributed by atoms with Gasteiger partial charge in [-0.05, 0) is 140 Å². The zero-order chi connectivity index (χ0) is 30.7. The van der Waals surface area contributed by atoms with Crippen LogP contribution in [0.4, 0.5) is 0 Å². The minimum absolute atomic E-state index is 0.0274. The first-order valence-corrected chi connectivity index (χ1v) is 16.6. The number of carboxylic acids is 1. The van der Waals surface area contributed by atoms with Crippen LogP contribution in [0.2, 0.25) is 0 Å². The van der Waals surface area contributed by atoms with Crippen LogP contribution >= 0.6 is 0 Å². The Labute approximate surface area is 254 Å². The van der Waals surface area contributed by atoms with Gasteiger partial charge < -0.3 is 10.4 Å². The highest BCUT2D eigenvalue weighted by atomic mass is 16.4. The molecule has 0 heterocycles. The van der Waals surface area contributed by atoms with Crippen LogP contribution in [-0.2, 0) is 4.79 Å². The number of aromatic carboxylic acids is 1. The molecule has 1 aromatic carbocycles. The number of hydrogen-bond acceptors (Lipinski definition) is 2. The lowest BCUT2D eigenvalue weighted by molar-refractivity contribution is -0.178. The number of carbonyl (C=O) groups is 2. The molecule has 8 unspecified atom stereocenters. The van der Waals surface area contributed by atoms with Crippen molar-refractivity contribution in [3.05, 3.63) is 53.6 Å². The molecule has 0 aliphatic heterocycles. The Morgan fingerprint density at radius 1 is 0.905 bits per heavy atom. The normalized spacial score (nSPS) is 39.6. The zero-order valence-electron chi connectivity index (χ0n) is 27.3. The molecule has 4 nitrogen and oxygen atoms in total. The Balaban J connectivity index is 1.50. The summed E-state index contributed by atoms with van der Waals surface area (Å²) in [6, 6.07) is 7.51. The molecule has 4 aliphatic rings. The van der Waals surface area contributed by atoms with E-state index in [1.165, 1.54) is 43.3 Å². The molecule has 4 heteroatoms. The van der Waals surface area contributed by atoms with Gasteiger partial charge in [0.1, 0.15) is 0 Å². The largest absolute Gasteiger partial charge is 0.478 e. The molecule has 42 heavy (non-hydrogen) atoms. The Kier molecular flexibility index (Phi) is 8.12. The average Bonchev–Trinajstić information content (AvgIpc) is 3.36. The van der Waals surface area contributed by atoms with E-state index in [-0.39, 0.29) is 27.6 Å². The first-order valence-electron chi connectivity index (χ1n) is 16.6. The van der Waals surface area contributed by atoms with E-state index >= 15 is 0 Å². The highest BCUT2D eigenvalue weighted by Gasteiger charge is 2.67. The van der Waals surface area contributed by atoms with Gasteiger partial charge in [-0.1, -0.05) is 65.0 Å². The van der Waals surface area contributed by atoms with Crippen molar-refractivity contribution in [1.82, 2.24) is 5.32 Å². The van der Waals surface area contributed by atoms with Gasteiger partial charge in [0.15, 0.2) is 0 Å². The van der Waals surface area contributed by atoms with Crippen LogP contribution in [0.3, 0.4) is 0 Å². The number of fused-ring (bicyclic) bond motifs is 5. The highest BCUT2D eigenvalue weighted by molar-refractivity contribution is 5.88. The molecule has 0 saturated heterocycles. The van der Waals surface area contributed by atoms with E-state index in [2.05, 4.69) is 59.5 Å². The molecule has 0 bridgehead atoms. The smallest absolute Gasteiger partial charge is 0.335 e. The van der Waals surface area contributed by atoms with Crippen LogP contribution in [0.25, 0.3) is 5.57 Å². The van der Waals surface area contributed by atoms with Gasteiger partial charge in [-0.15, -0.1) is 0 Å². The molecule has 5 rings (SSSR count). The molecule has 4 aliphatic carbocycles. The predicted molar refractivity (Wildman–Crippen MR) is 172 cm³/mol. The van der Waals surface area contributed by atoms with Crippen molar-refractivity contribution in [2.24, 2.45) is 51.2 Å². The lowest BCUT2D eigenvalue weighted by atomic mass is 9.38. The van der Waals surface area contributed by atoms with Crippen LogP contribution in [-0.4, -0.2) is 24.0 Å². The number of carboxylic acid groups (broad SMARTS) is 1. The lowest BCUT2D eigenvalue weighted by Gasteiger charge is -2.66. The summed E-state index contributed by atoms with van der Waals surface area (Å²) in [6.45, 7) is 19.1. The molecular formula is C38H55NO3. The second kappa shape index (κ2) is 11.0. The maximum absolute atomic E-state index is 13.6. The quantitative estimate of drug-likeness (QED) is 0.353. The second-order valence-electron chi connectivity index (χ2n) is 15.7. The summed E-state index contributed by atoms with van der Waals surface area (Å²) in [5.41, 5.74) is 4.31. The Bertz CT molecular complexity index is 1260. The monoisotopic (exact) mass is 573 g/mol. The molecule has 1 amide bonds. The molecule has 1 aromatic rings. The van der Waals surface area contributed by atoms with Crippen LogP contribution in [0.1, 0.15) is 122 Å². The number of amides is 1. The zero-order valence-corrected chi connectivity index (χ0v) is 27.3.